The molecule has 2 N–H and O–H groups in total. The van der Waals surface area contributed by atoms with E-state index < -0.39 is 9.84 Å². The predicted octanol–water partition coefficient (Wildman–Crippen LogP) is 3.81. The Labute approximate surface area is 184 Å². The van der Waals surface area contributed by atoms with Gasteiger partial charge in [0.05, 0.1) is 44.6 Å². The summed E-state index contributed by atoms with van der Waals surface area (Å²) in [5.74, 6) is 0. The van der Waals surface area contributed by atoms with Crippen molar-refractivity contribution >= 4 is 47.6 Å². The van der Waals surface area contributed by atoms with E-state index >= 15 is 0 Å². The van der Waals surface area contributed by atoms with E-state index in [1.165, 1.54) is 6.26 Å². The predicted molar refractivity (Wildman–Crippen MR) is 123 cm³/mol. The summed E-state index contributed by atoms with van der Waals surface area (Å²) in [4.78, 5) is 9.37. The van der Waals surface area contributed by atoms with Crippen LogP contribution in [-0.2, 0) is 16.4 Å². The molecule has 0 saturated heterocycles. The van der Waals surface area contributed by atoms with Crippen LogP contribution in [0.15, 0.2) is 47.6 Å². The average molecular weight is 457 g/mol. The Morgan fingerprint density at radius 3 is 2.77 bits per heavy atom. The number of aliphatic hydroxyl groups is 1. The number of aliphatic hydroxyl groups excluding tert-OH is 1. The smallest absolute Gasteiger partial charge is 0.184 e. The molecule has 162 valence electrons. The molecule has 0 aliphatic heterocycles. The number of imidazole rings is 1. The van der Waals surface area contributed by atoms with Gasteiger partial charge in [0.2, 0.25) is 0 Å². The van der Waals surface area contributed by atoms with Crippen molar-refractivity contribution in [3.63, 3.8) is 0 Å². The Balaban J connectivity index is 1.41. The van der Waals surface area contributed by atoms with Crippen LogP contribution in [0.3, 0.4) is 0 Å². The highest BCUT2D eigenvalue weighted by Gasteiger charge is 2.23. The lowest BCUT2D eigenvalue weighted by Crippen LogP contribution is -2.36. The molecule has 0 bridgehead atoms. The first-order valence-corrected chi connectivity index (χ1v) is 13.1. The van der Waals surface area contributed by atoms with E-state index in [2.05, 4.69) is 21.4 Å². The number of thiazole rings is 1. The van der Waals surface area contributed by atoms with Crippen molar-refractivity contribution < 1.29 is 13.5 Å². The summed E-state index contributed by atoms with van der Waals surface area (Å²) in [7, 11) is -3.28. The summed E-state index contributed by atoms with van der Waals surface area (Å²) in [6, 6.07) is 11.2. The molecule has 9 heteroatoms. The Morgan fingerprint density at radius 1 is 1.16 bits per heavy atom. The van der Waals surface area contributed by atoms with Crippen molar-refractivity contribution in [2.75, 3.05) is 11.6 Å². The fourth-order valence-electron chi connectivity index (χ4n) is 4.16. The van der Waals surface area contributed by atoms with Gasteiger partial charge in [0.1, 0.15) is 0 Å². The molecule has 1 saturated carbocycles. The second-order valence-corrected chi connectivity index (χ2v) is 11.3. The third kappa shape index (κ3) is 4.17. The van der Waals surface area contributed by atoms with Crippen LogP contribution in [-0.4, -0.2) is 46.5 Å². The number of hydrogen-bond acceptors (Lipinski definition) is 7. The van der Waals surface area contributed by atoms with E-state index in [0.717, 1.165) is 57.6 Å². The fraction of sp³-hybridized carbons (Fsp3) is 0.364. The Bertz CT molecular complexity index is 1360. The van der Waals surface area contributed by atoms with Gasteiger partial charge in [-0.15, -0.1) is 0 Å². The first-order chi connectivity index (χ1) is 14.9. The molecule has 2 heterocycles. The molecule has 1 fully saturated rings. The van der Waals surface area contributed by atoms with Gasteiger partial charge in [0, 0.05) is 12.8 Å². The third-order valence-corrected chi connectivity index (χ3v) is 7.92. The zero-order valence-corrected chi connectivity index (χ0v) is 18.8. The monoisotopic (exact) mass is 456 g/mol. The van der Waals surface area contributed by atoms with Gasteiger partial charge in [-0.25, -0.2) is 18.4 Å². The molecule has 1 unspecified atom stereocenters. The average Bonchev–Trinajstić information content (AvgIpc) is 3.32. The van der Waals surface area contributed by atoms with Gasteiger partial charge in [-0.1, -0.05) is 30.2 Å². The summed E-state index contributed by atoms with van der Waals surface area (Å²) in [5.41, 5.74) is 3.57. The molecule has 5 rings (SSSR count). The minimum Gasteiger partial charge on any atom is -0.391 e. The van der Waals surface area contributed by atoms with Crippen molar-refractivity contribution in [3.05, 3.63) is 48.3 Å². The van der Waals surface area contributed by atoms with Crippen molar-refractivity contribution in [2.45, 2.75) is 49.3 Å². The second kappa shape index (κ2) is 7.89. The number of nitrogens with one attached hydrogen (secondary N) is 1. The molecule has 1 aliphatic rings. The zero-order chi connectivity index (χ0) is 21.6. The number of benzene rings is 2. The molecule has 2 atom stereocenters. The Hall–Kier alpha value is -2.49. The van der Waals surface area contributed by atoms with Crippen molar-refractivity contribution in [1.29, 1.82) is 0 Å². The van der Waals surface area contributed by atoms with Gasteiger partial charge in [-0.2, -0.15) is 0 Å². The fourth-order valence-corrected chi connectivity index (χ4v) is 5.79. The van der Waals surface area contributed by atoms with E-state index in [-0.39, 0.29) is 12.1 Å². The highest BCUT2D eigenvalue weighted by Crippen LogP contribution is 2.30. The summed E-state index contributed by atoms with van der Waals surface area (Å²) in [6.07, 6.45) is 6.65. The number of nitrogens with zero attached hydrogens (tertiary/aromatic N) is 3. The number of sulfone groups is 1. The van der Waals surface area contributed by atoms with Crippen LogP contribution in [0, 0.1) is 0 Å². The lowest BCUT2D eigenvalue weighted by atomic mass is 9.93. The van der Waals surface area contributed by atoms with Crippen LogP contribution in [0.1, 0.15) is 31.2 Å². The third-order valence-electron chi connectivity index (χ3n) is 5.86. The molecule has 0 amide bonds. The highest BCUT2D eigenvalue weighted by atomic mass is 32.2. The number of rotatable bonds is 5. The highest BCUT2D eigenvalue weighted by molar-refractivity contribution is 7.90. The van der Waals surface area contributed by atoms with Gasteiger partial charge in [-0.05, 0) is 48.7 Å². The topological polar surface area (TPSA) is 97.1 Å². The molecule has 7 nitrogen and oxygen atoms in total. The Morgan fingerprint density at radius 2 is 1.97 bits per heavy atom. The molecule has 0 radical (unpaired) electrons. The molecule has 0 spiro atoms. The Kier molecular flexibility index (Phi) is 5.19. The van der Waals surface area contributed by atoms with Crippen molar-refractivity contribution in [1.82, 2.24) is 14.5 Å². The van der Waals surface area contributed by atoms with Crippen molar-refractivity contribution in [3.8, 4) is 0 Å². The van der Waals surface area contributed by atoms with E-state index in [1.807, 2.05) is 16.7 Å². The maximum Gasteiger partial charge on any atom is 0.184 e. The minimum atomic E-state index is -3.28. The largest absolute Gasteiger partial charge is 0.391 e. The summed E-state index contributed by atoms with van der Waals surface area (Å²) in [5, 5.41) is 14.5. The van der Waals surface area contributed by atoms with Crippen LogP contribution in [0.25, 0.3) is 21.3 Å². The van der Waals surface area contributed by atoms with E-state index in [0.29, 0.717) is 11.4 Å². The first-order valence-electron chi connectivity index (χ1n) is 10.4. The van der Waals surface area contributed by atoms with Gasteiger partial charge in [0.15, 0.2) is 15.0 Å². The maximum atomic E-state index is 11.9. The lowest BCUT2D eigenvalue weighted by Gasteiger charge is -2.27. The second-order valence-electron chi connectivity index (χ2n) is 8.22. The first kappa shape index (κ1) is 20.4. The van der Waals surface area contributed by atoms with Crippen LogP contribution >= 0.6 is 11.3 Å². The number of hydrogen-bond donors (Lipinski definition) is 2. The quantitative estimate of drug-likeness (QED) is 0.474. The molecular formula is C22H24N4O3S2. The molecule has 1 aliphatic carbocycles. The number of aromatic nitrogens is 3. The van der Waals surface area contributed by atoms with Gasteiger partial charge >= 0.3 is 0 Å². The van der Waals surface area contributed by atoms with Gasteiger partial charge < -0.3 is 15.0 Å². The summed E-state index contributed by atoms with van der Waals surface area (Å²) in [6.45, 7) is 0.585. The van der Waals surface area contributed by atoms with Gasteiger partial charge in [-0.3, -0.25) is 0 Å². The molecule has 4 aromatic rings. The zero-order valence-electron chi connectivity index (χ0n) is 17.2. The molecule has 31 heavy (non-hydrogen) atoms. The molecule has 2 aromatic heterocycles. The van der Waals surface area contributed by atoms with E-state index in [9.17, 15) is 13.5 Å². The van der Waals surface area contributed by atoms with E-state index in [4.69, 9.17) is 0 Å². The van der Waals surface area contributed by atoms with E-state index in [1.54, 1.807) is 35.9 Å². The minimum absolute atomic E-state index is 0.0649. The molecular weight excluding hydrogens is 432 g/mol. The normalized spacial score (nSPS) is 19.8. The standard InChI is InChI=1S/C22H24N4O3S2/c1-31(28,29)15-7-9-16-19(11-15)26(13-23-16)12-14-6-8-18-21(10-14)30-22(25-18)24-17-4-2-3-5-20(17)27/h6-11,13,17,20,27H,2-5,12H2,1H3,(H,24,25)/t17?,20-/m1/s1. The SMILES string of the molecule is CS(=O)(=O)c1ccc2ncn(Cc3ccc4nc(NC5CCCC[C@H]5O)sc4c3)c2c1. The van der Waals surface area contributed by atoms with Crippen LogP contribution in [0.4, 0.5) is 5.13 Å². The van der Waals surface area contributed by atoms with Crippen LogP contribution in [0.2, 0.25) is 0 Å². The van der Waals surface area contributed by atoms with Crippen LogP contribution in [0.5, 0.6) is 0 Å². The number of fused-ring (bicyclic) bond motifs is 2. The summed E-state index contributed by atoms with van der Waals surface area (Å²) < 4.78 is 26.9. The maximum absolute atomic E-state index is 11.9. The van der Waals surface area contributed by atoms with Crippen LogP contribution < -0.4 is 5.32 Å². The van der Waals surface area contributed by atoms with Crippen molar-refractivity contribution in [2.24, 2.45) is 0 Å². The number of anilines is 1. The molecule has 2 aromatic carbocycles. The van der Waals surface area contributed by atoms with Gasteiger partial charge in [0.25, 0.3) is 0 Å². The summed E-state index contributed by atoms with van der Waals surface area (Å²) >= 11 is 1.59. The lowest BCUT2D eigenvalue weighted by molar-refractivity contribution is 0.116.